The molecule has 124 valence electrons. The van der Waals surface area contributed by atoms with E-state index in [2.05, 4.69) is 44.2 Å². The van der Waals surface area contributed by atoms with E-state index >= 15 is 0 Å². The summed E-state index contributed by atoms with van der Waals surface area (Å²) >= 11 is 3.63. The summed E-state index contributed by atoms with van der Waals surface area (Å²) < 4.78 is 8.89. The highest BCUT2D eigenvalue weighted by Gasteiger charge is 2.24. The van der Waals surface area contributed by atoms with Crippen LogP contribution in [-0.2, 0) is 13.0 Å². The van der Waals surface area contributed by atoms with Crippen LogP contribution in [0.2, 0.25) is 0 Å². The van der Waals surface area contributed by atoms with E-state index in [1.807, 2.05) is 22.9 Å². The molecule has 3 aromatic rings. The van der Waals surface area contributed by atoms with Gasteiger partial charge in [0, 0.05) is 18.3 Å². The second kappa shape index (κ2) is 6.51. The van der Waals surface area contributed by atoms with Crippen molar-refractivity contribution in [2.45, 2.75) is 39.2 Å². The van der Waals surface area contributed by atoms with Crippen LogP contribution >= 0.6 is 15.9 Å². The first-order chi connectivity index (χ1) is 11.8. The second-order valence-electron chi connectivity index (χ2n) is 6.28. The molecule has 2 heterocycles. The van der Waals surface area contributed by atoms with Crippen LogP contribution in [0.5, 0.6) is 11.6 Å². The molecule has 0 bridgehead atoms. The van der Waals surface area contributed by atoms with E-state index in [0.29, 0.717) is 5.88 Å². The molecule has 1 aromatic carbocycles. The topological polar surface area (TPSA) is 52.8 Å². The lowest BCUT2D eigenvalue weighted by molar-refractivity contribution is 0.453. The van der Waals surface area contributed by atoms with E-state index in [-0.39, 0.29) is 0 Å². The lowest BCUT2D eigenvalue weighted by atomic mass is 10.1. The Morgan fingerprint density at radius 3 is 2.96 bits per heavy atom. The van der Waals surface area contributed by atoms with Gasteiger partial charge in [-0.2, -0.15) is 0 Å². The van der Waals surface area contributed by atoms with Gasteiger partial charge in [-0.1, -0.05) is 24.6 Å². The molecule has 0 amide bonds. The normalized spacial score (nSPS) is 14.2. The molecule has 0 aliphatic heterocycles. The van der Waals surface area contributed by atoms with Gasteiger partial charge in [-0.05, 0) is 59.3 Å². The van der Waals surface area contributed by atoms with Gasteiger partial charge in [-0.25, -0.2) is 9.67 Å². The summed E-state index contributed by atoms with van der Waals surface area (Å²) in [5.41, 5.74) is 2.99. The van der Waals surface area contributed by atoms with Crippen LogP contribution in [0, 0.1) is 5.92 Å². The molecule has 0 N–H and O–H groups in total. The minimum Gasteiger partial charge on any atom is -0.437 e. The maximum Gasteiger partial charge on any atom is 0.222 e. The van der Waals surface area contributed by atoms with E-state index in [9.17, 15) is 0 Å². The maximum absolute atomic E-state index is 6.07. The molecule has 1 fully saturated rings. The molecule has 4 rings (SSSR count). The van der Waals surface area contributed by atoms with Crippen LogP contribution in [0.1, 0.15) is 31.7 Å². The largest absolute Gasteiger partial charge is 0.437 e. The van der Waals surface area contributed by atoms with Crippen molar-refractivity contribution in [2.24, 2.45) is 5.92 Å². The van der Waals surface area contributed by atoms with Gasteiger partial charge in [-0.3, -0.25) is 0 Å². The van der Waals surface area contributed by atoms with Gasteiger partial charge >= 0.3 is 0 Å². The van der Waals surface area contributed by atoms with Crippen LogP contribution in [0.3, 0.4) is 0 Å². The summed E-state index contributed by atoms with van der Waals surface area (Å²) in [7, 11) is 0. The lowest BCUT2D eigenvalue weighted by Crippen LogP contribution is -2.01. The van der Waals surface area contributed by atoms with E-state index in [0.717, 1.165) is 52.1 Å². The van der Waals surface area contributed by atoms with Gasteiger partial charge in [-0.15, -0.1) is 5.10 Å². The van der Waals surface area contributed by atoms with Gasteiger partial charge in [0.25, 0.3) is 0 Å². The van der Waals surface area contributed by atoms with Crippen molar-refractivity contribution >= 4 is 27.0 Å². The predicted octanol–water partition coefficient (Wildman–Crippen LogP) is 4.74. The lowest BCUT2D eigenvalue weighted by Gasteiger charge is -2.11. The Morgan fingerprint density at radius 1 is 1.29 bits per heavy atom. The number of aromatic nitrogens is 4. The van der Waals surface area contributed by atoms with Gasteiger partial charge in [0.05, 0.1) is 9.99 Å². The summed E-state index contributed by atoms with van der Waals surface area (Å²) in [5, 5.41) is 8.62. The van der Waals surface area contributed by atoms with E-state index in [4.69, 9.17) is 4.74 Å². The molecule has 0 atom stereocenters. The number of ether oxygens (including phenoxy) is 1. The molecular weight excluding hydrogens is 368 g/mol. The summed E-state index contributed by atoms with van der Waals surface area (Å²) in [6.07, 6.45) is 6.35. The Hall–Kier alpha value is -1.95. The molecule has 0 spiro atoms. The SMILES string of the molecule is CCCc1cccnc1Oc1ccc2c(nnn2CC2CC2)c1Br. The van der Waals surface area contributed by atoms with Crippen molar-refractivity contribution in [3.05, 3.63) is 40.5 Å². The molecule has 0 unspecified atom stereocenters. The van der Waals surface area contributed by atoms with Crippen LogP contribution in [0.15, 0.2) is 34.9 Å². The number of aryl methyl sites for hydroxylation is 1. The number of benzene rings is 1. The first-order valence-corrected chi connectivity index (χ1v) is 9.19. The van der Waals surface area contributed by atoms with Crippen molar-refractivity contribution in [3.63, 3.8) is 0 Å². The predicted molar refractivity (Wildman–Crippen MR) is 96.3 cm³/mol. The van der Waals surface area contributed by atoms with Crippen LogP contribution in [0.4, 0.5) is 0 Å². The number of halogens is 1. The molecule has 1 saturated carbocycles. The fourth-order valence-electron chi connectivity index (χ4n) is 2.82. The zero-order chi connectivity index (χ0) is 16.5. The molecule has 1 aliphatic rings. The average molecular weight is 387 g/mol. The Kier molecular flexibility index (Phi) is 4.22. The number of hydrogen-bond acceptors (Lipinski definition) is 4. The molecule has 5 nitrogen and oxygen atoms in total. The second-order valence-corrected chi connectivity index (χ2v) is 7.07. The highest BCUT2D eigenvalue weighted by molar-refractivity contribution is 9.10. The Morgan fingerprint density at radius 2 is 2.17 bits per heavy atom. The number of rotatable bonds is 6. The number of nitrogens with zero attached hydrogens (tertiary/aromatic N) is 4. The molecule has 0 saturated heterocycles. The molecular formula is C18H19BrN4O. The highest BCUT2D eigenvalue weighted by atomic mass is 79.9. The van der Waals surface area contributed by atoms with E-state index < -0.39 is 0 Å². The summed E-state index contributed by atoms with van der Waals surface area (Å²) in [5.74, 6) is 2.14. The first kappa shape index (κ1) is 15.6. The summed E-state index contributed by atoms with van der Waals surface area (Å²) in [6, 6.07) is 7.99. The van der Waals surface area contributed by atoms with Crippen molar-refractivity contribution < 1.29 is 4.74 Å². The van der Waals surface area contributed by atoms with Crippen LogP contribution < -0.4 is 4.74 Å². The standard InChI is InChI=1S/C18H19BrN4O/c1-2-4-13-5-3-10-20-18(13)24-15-9-8-14-17(16(15)19)21-22-23(14)11-12-6-7-12/h3,5,8-10,12H,2,4,6-7,11H2,1H3. The minimum absolute atomic E-state index is 0.657. The minimum atomic E-state index is 0.657. The molecule has 6 heteroatoms. The smallest absolute Gasteiger partial charge is 0.222 e. The fraction of sp³-hybridized carbons (Fsp3) is 0.389. The highest BCUT2D eigenvalue weighted by Crippen LogP contribution is 2.36. The van der Waals surface area contributed by atoms with Gasteiger partial charge < -0.3 is 4.74 Å². The molecule has 1 aliphatic carbocycles. The third-order valence-corrected chi connectivity index (χ3v) is 5.06. The van der Waals surface area contributed by atoms with Gasteiger partial charge in [0.15, 0.2) is 0 Å². The van der Waals surface area contributed by atoms with Crippen molar-refractivity contribution in [1.29, 1.82) is 0 Å². The van der Waals surface area contributed by atoms with Crippen molar-refractivity contribution in [3.8, 4) is 11.6 Å². The zero-order valence-corrected chi connectivity index (χ0v) is 15.2. The van der Waals surface area contributed by atoms with Gasteiger partial charge in [0.2, 0.25) is 5.88 Å². The summed E-state index contributed by atoms with van der Waals surface area (Å²) in [6.45, 7) is 3.10. The van der Waals surface area contributed by atoms with E-state index in [1.54, 1.807) is 6.20 Å². The van der Waals surface area contributed by atoms with Crippen molar-refractivity contribution in [1.82, 2.24) is 20.0 Å². The van der Waals surface area contributed by atoms with Crippen LogP contribution in [-0.4, -0.2) is 20.0 Å². The quantitative estimate of drug-likeness (QED) is 0.613. The average Bonchev–Trinajstić information content (AvgIpc) is 3.31. The Balaban J connectivity index is 1.66. The molecule has 0 radical (unpaired) electrons. The Bertz CT molecular complexity index is 873. The van der Waals surface area contributed by atoms with Crippen molar-refractivity contribution in [2.75, 3.05) is 0 Å². The summed E-state index contributed by atoms with van der Waals surface area (Å²) in [4.78, 5) is 4.38. The number of fused-ring (bicyclic) bond motifs is 1. The monoisotopic (exact) mass is 386 g/mol. The Labute approximate surface area is 149 Å². The van der Waals surface area contributed by atoms with Crippen LogP contribution in [0.25, 0.3) is 11.0 Å². The zero-order valence-electron chi connectivity index (χ0n) is 13.6. The molecule has 24 heavy (non-hydrogen) atoms. The third kappa shape index (κ3) is 3.02. The third-order valence-electron chi connectivity index (χ3n) is 4.29. The number of pyridine rings is 1. The van der Waals surface area contributed by atoms with Gasteiger partial charge in [0.1, 0.15) is 11.3 Å². The van der Waals surface area contributed by atoms with E-state index in [1.165, 1.54) is 12.8 Å². The molecule has 2 aromatic heterocycles. The fourth-order valence-corrected chi connectivity index (χ4v) is 3.32. The first-order valence-electron chi connectivity index (χ1n) is 8.39. The maximum atomic E-state index is 6.07. The number of hydrogen-bond donors (Lipinski definition) is 0.